The van der Waals surface area contributed by atoms with Gasteiger partial charge in [0.25, 0.3) is 0 Å². The van der Waals surface area contributed by atoms with Gasteiger partial charge in [0.15, 0.2) is 0 Å². The Bertz CT molecular complexity index is 484. The van der Waals surface area contributed by atoms with E-state index in [1.807, 2.05) is 0 Å². The normalized spacial score (nSPS) is 11.4. The molecule has 0 aromatic carbocycles. The van der Waals surface area contributed by atoms with Gasteiger partial charge in [-0.25, -0.2) is 4.98 Å². The van der Waals surface area contributed by atoms with Crippen LogP contribution in [0.1, 0.15) is 33.4 Å². The van der Waals surface area contributed by atoms with Gasteiger partial charge < -0.3 is 5.32 Å². The molecule has 20 heavy (non-hydrogen) atoms. The van der Waals surface area contributed by atoms with E-state index in [0.717, 1.165) is 0 Å². The van der Waals surface area contributed by atoms with Crippen molar-refractivity contribution in [1.82, 2.24) is 9.97 Å². The number of nitrogens with zero attached hydrogens (tertiary/aromatic N) is 3. The van der Waals surface area contributed by atoms with E-state index in [2.05, 4.69) is 43.0 Å². The minimum absolute atomic E-state index is 0.0150. The molecule has 0 radical (unpaired) electrons. The number of halogens is 1. The first kappa shape index (κ1) is 16.6. The highest BCUT2D eigenvalue weighted by molar-refractivity contribution is 6.28. The van der Waals surface area contributed by atoms with Crippen molar-refractivity contribution in [2.24, 2.45) is 17.8 Å². The van der Waals surface area contributed by atoms with Gasteiger partial charge in [-0.05, 0) is 36.3 Å². The zero-order valence-corrected chi connectivity index (χ0v) is 13.2. The fraction of sp³-hybridized carbons (Fsp3) is 0.692. The lowest BCUT2D eigenvalue weighted by atomic mass is 9.85. The maximum atomic E-state index is 11.1. The maximum Gasteiger partial charge on any atom is 0.332 e. The van der Waals surface area contributed by atoms with Crippen LogP contribution in [0.3, 0.4) is 0 Å². The van der Waals surface area contributed by atoms with E-state index in [4.69, 9.17) is 11.6 Å². The molecule has 1 aromatic heterocycles. The molecular weight excluding hydrogens is 280 g/mol. The summed E-state index contributed by atoms with van der Waals surface area (Å²) >= 11 is 5.78. The number of nitro groups is 1. The number of aromatic nitrogens is 2. The summed E-state index contributed by atoms with van der Waals surface area (Å²) in [6.07, 6.45) is 0. The fourth-order valence-corrected chi connectivity index (χ4v) is 2.54. The topological polar surface area (TPSA) is 81.0 Å². The molecule has 1 rings (SSSR count). The van der Waals surface area contributed by atoms with Gasteiger partial charge in [-0.3, -0.25) is 10.1 Å². The Morgan fingerprint density at radius 2 is 1.80 bits per heavy atom. The summed E-state index contributed by atoms with van der Waals surface area (Å²) in [5, 5.41) is 14.2. The van der Waals surface area contributed by atoms with E-state index in [0.29, 0.717) is 24.3 Å². The van der Waals surface area contributed by atoms with Crippen molar-refractivity contribution in [3.05, 3.63) is 21.1 Å². The maximum absolute atomic E-state index is 11.1. The van der Waals surface area contributed by atoms with E-state index in [1.54, 1.807) is 6.92 Å². The van der Waals surface area contributed by atoms with Gasteiger partial charge in [0.2, 0.25) is 11.1 Å². The molecule has 0 aliphatic rings. The smallest absolute Gasteiger partial charge is 0.332 e. The summed E-state index contributed by atoms with van der Waals surface area (Å²) < 4.78 is 0. The summed E-state index contributed by atoms with van der Waals surface area (Å²) in [7, 11) is 0. The Kier molecular flexibility index (Phi) is 5.68. The largest absolute Gasteiger partial charge is 0.364 e. The first-order chi connectivity index (χ1) is 9.23. The second-order valence-corrected chi connectivity index (χ2v) is 5.90. The van der Waals surface area contributed by atoms with Crippen LogP contribution < -0.4 is 5.32 Å². The molecule has 0 atom stereocenters. The van der Waals surface area contributed by atoms with Gasteiger partial charge in [-0.15, -0.1) is 0 Å². The Morgan fingerprint density at radius 1 is 1.25 bits per heavy atom. The average molecular weight is 301 g/mol. The highest BCUT2D eigenvalue weighted by Crippen LogP contribution is 2.28. The van der Waals surface area contributed by atoms with Gasteiger partial charge in [-0.2, -0.15) is 4.98 Å². The van der Waals surface area contributed by atoms with Crippen molar-refractivity contribution in [2.75, 3.05) is 11.9 Å². The van der Waals surface area contributed by atoms with Crippen LogP contribution >= 0.6 is 11.6 Å². The number of aryl methyl sites for hydroxylation is 1. The third-order valence-corrected chi connectivity index (χ3v) is 3.60. The molecule has 0 fully saturated rings. The standard InChI is InChI=1S/C13H21ClN4O2/c1-7(2)10(8(3)4)6-15-12-11(18(19)20)9(5)16-13(14)17-12/h7-8,10H,6H2,1-5H3,(H,15,16,17). The summed E-state index contributed by atoms with van der Waals surface area (Å²) in [6, 6.07) is 0. The van der Waals surface area contributed by atoms with Crippen LogP contribution in [0.25, 0.3) is 0 Å². The predicted octanol–water partition coefficient (Wildman–Crippen LogP) is 3.69. The van der Waals surface area contributed by atoms with Crippen molar-refractivity contribution < 1.29 is 4.92 Å². The van der Waals surface area contributed by atoms with Gasteiger partial charge in [0.05, 0.1) is 4.92 Å². The van der Waals surface area contributed by atoms with E-state index >= 15 is 0 Å². The van der Waals surface area contributed by atoms with Crippen LogP contribution in [0.4, 0.5) is 11.5 Å². The number of rotatable bonds is 6. The van der Waals surface area contributed by atoms with Crippen molar-refractivity contribution in [3.8, 4) is 0 Å². The van der Waals surface area contributed by atoms with Gasteiger partial charge >= 0.3 is 5.69 Å². The minimum Gasteiger partial charge on any atom is -0.364 e. The van der Waals surface area contributed by atoms with E-state index < -0.39 is 4.92 Å². The second kappa shape index (κ2) is 6.83. The van der Waals surface area contributed by atoms with Crippen LogP contribution in [0.15, 0.2) is 0 Å². The zero-order valence-electron chi connectivity index (χ0n) is 12.5. The van der Waals surface area contributed by atoms with Gasteiger partial charge in [0.1, 0.15) is 5.69 Å². The molecule has 7 heteroatoms. The van der Waals surface area contributed by atoms with Crippen molar-refractivity contribution in [2.45, 2.75) is 34.6 Å². The minimum atomic E-state index is -0.478. The van der Waals surface area contributed by atoms with Crippen molar-refractivity contribution >= 4 is 23.1 Å². The summed E-state index contributed by atoms with van der Waals surface area (Å²) in [5.74, 6) is 1.53. The number of nitrogens with one attached hydrogen (secondary N) is 1. The van der Waals surface area contributed by atoms with Crippen LogP contribution in [0.2, 0.25) is 5.28 Å². The average Bonchev–Trinajstić information content (AvgIpc) is 2.26. The Hall–Kier alpha value is -1.43. The van der Waals surface area contributed by atoms with Crippen LogP contribution in [0, 0.1) is 34.8 Å². The van der Waals surface area contributed by atoms with E-state index in [9.17, 15) is 10.1 Å². The Labute approximate surface area is 124 Å². The number of hydrogen-bond acceptors (Lipinski definition) is 5. The van der Waals surface area contributed by atoms with Crippen LogP contribution in [0.5, 0.6) is 0 Å². The molecule has 112 valence electrons. The molecule has 1 aromatic rings. The monoisotopic (exact) mass is 300 g/mol. The van der Waals surface area contributed by atoms with E-state index in [-0.39, 0.29) is 22.5 Å². The van der Waals surface area contributed by atoms with Gasteiger partial charge in [-0.1, -0.05) is 27.7 Å². The zero-order chi connectivity index (χ0) is 15.4. The van der Waals surface area contributed by atoms with Gasteiger partial charge in [0, 0.05) is 6.54 Å². The summed E-state index contributed by atoms with van der Waals surface area (Å²) in [4.78, 5) is 18.4. The van der Waals surface area contributed by atoms with Crippen molar-refractivity contribution in [3.63, 3.8) is 0 Å². The molecule has 0 bridgehead atoms. The van der Waals surface area contributed by atoms with Crippen molar-refractivity contribution in [1.29, 1.82) is 0 Å². The molecular formula is C13H21ClN4O2. The number of anilines is 1. The molecule has 1 N–H and O–H groups in total. The highest BCUT2D eigenvalue weighted by atomic mass is 35.5. The number of hydrogen-bond donors (Lipinski definition) is 1. The second-order valence-electron chi connectivity index (χ2n) is 5.57. The van der Waals surface area contributed by atoms with E-state index in [1.165, 1.54) is 0 Å². The molecule has 0 aliphatic carbocycles. The lowest BCUT2D eigenvalue weighted by Gasteiger charge is -2.25. The lowest BCUT2D eigenvalue weighted by molar-refractivity contribution is -0.385. The Balaban J connectivity index is 3.00. The molecule has 0 saturated carbocycles. The van der Waals surface area contributed by atoms with Crippen LogP contribution in [-0.4, -0.2) is 21.4 Å². The lowest BCUT2D eigenvalue weighted by Crippen LogP contribution is -2.25. The highest BCUT2D eigenvalue weighted by Gasteiger charge is 2.24. The quantitative estimate of drug-likeness (QED) is 0.492. The summed E-state index contributed by atoms with van der Waals surface area (Å²) in [5.41, 5.74) is 0.156. The molecule has 0 unspecified atom stereocenters. The third-order valence-electron chi connectivity index (χ3n) is 3.43. The molecule has 0 saturated heterocycles. The molecule has 0 spiro atoms. The molecule has 0 aliphatic heterocycles. The van der Waals surface area contributed by atoms with Crippen LogP contribution in [-0.2, 0) is 0 Å². The SMILES string of the molecule is Cc1nc(Cl)nc(NCC(C(C)C)C(C)C)c1[N+](=O)[O-]. The first-order valence-corrected chi connectivity index (χ1v) is 7.04. The summed E-state index contributed by atoms with van der Waals surface area (Å²) in [6.45, 7) is 10.7. The molecule has 6 nitrogen and oxygen atoms in total. The third kappa shape index (κ3) is 4.03. The first-order valence-electron chi connectivity index (χ1n) is 6.66. The Morgan fingerprint density at radius 3 is 2.25 bits per heavy atom. The molecule has 1 heterocycles. The predicted molar refractivity (Wildman–Crippen MR) is 80.1 cm³/mol. The molecule has 0 amide bonds. The fourth-order valence-electron chi connectivity index (χ4n) is 2.33.